The molecule has 3 aromatic carbocycles. The number of halogens is 2. The summed E-state index contributed by atoms with van der Waals surface area (Å²) in [6, 6.07) is 15.5. The van der Waals surface area contributed by atoms with E-state index in [1.807, 2.05) is 0 Å². The maximum Gasteiger partial charge on any atom is 0.279 e. The summed E-state index contributed by atoms with van der Waals surface area (Å²) in [5.41, 5.74) is 1.77. The molecule has 3 aromatic rings. The van der Waals surface area contributed by atoms with E-state index in [9.17, 15) is 25.6 Å². The van der Waals surface area contributed by atoms with Gasteiger partial charge < -0.3 is 0 Å². The lowest BCUT2D eigenvalue weighted by Crippen LogP contribution is -2.27. The Morgan fingerprint density at radius 1 is 0.941 bits per heavy atom. The van der Waals surface area contributed by atoms with Gasteiger partial charge in [-0.3, -0.25) is 4.72 Å². The Labute approximate surface area is 196 Å². The van der Waals surface area contributed by atoms with Gasteiger partial charge >= 0.3 is 0 Å². The van der Waals surface area contributed by atoms with Crippen LogP contribution in [0.4, 0.5) is 14.5 Å². The van der Waals surface area contributed by atoms with Crippen molar-refractivity contribution in [2.45, 2.75) is 24.3 Å². The highest BCUT2D eigenvalue weighted by molar-refractivity contribution is 7.92. The van der Waals surface area contributed by atoms with Crippen molar-refractivity contribution in [1.82, 2.24) is 4.41 Å². The largest absolute Gasteiger partial charge is 0.284 e. The zero-order valence-corrected chi connectivity index (χ0v) is 19.7. The Hall–Kier alpha value is -3.31. The fourth-order valence-corrected chi connectivity index (χ4v) is 5.61. The van der Waals surface area contributed by atoms with Crippen molar-refractivity contribution < 1.29 is 25.6 Å². The highest BCUT2D eigenvalue weighted by Gasteiger charge is 2.37. The van der Waals surface area contributed by atoms with Gasteiger partial charge in [-0.05, 0) is 66.6 Å². The highest BCUT2D eigenvalue weighted by Crippen LogP contribution is 2.37. The molecule has 7 nitrogen and oxygen atoms in total. The molecule has 0 saturated carbocycles. The molecule has 1 unspecified atom stereocenters. The summed E-state index contributed by atoms with van der Waals surface area (Å²) in [4.78, 5) is -0.143. The molecule has 0 aromatic heterocycles. The molecule has 0 bridgehead atoms. The predicted molar refractivity (Wildman–Crippen MR) is 125 cm³/mol. The molecule has 0 spiro atoms. The van der Waals surface area contributed by atoms with Crippen LogP contribution in [0.3, 0.4) is 0 Å². The van der Waals surface area contributed by atoms with Gasteiger partial charge in [0.15, 0.2) is 0 Å². The molecule has 0 aliphatic carbocycles. The van der Waals surface area contributed by atoms with Crippen LogP contribution in [0, 0.1) is 11.6 Å². The van der Waals surface area contributed by atoms with Crippen LogP contribution in [0.1, 0.15) is 30.5 Å². The van der Waals surface area contributed by atoms with Gasteiger partial charge in [0.25, 0.3) is 10.0 Å². The van der Waals surface area contributed by atoms with Gasteiger partial charge in [0, 0.05) is 12.1 Å². The lowest BCUT2D eigenvalue weighted by Gasteiger charge is -2.23. The first kappa shape index (κ1) is 23.8. The second kappa shape index (κ2) is 9.15. The maximum atomic E-state index is 13.5. The molecule has 0 radical (unpaired) electrons. The monoisotopic (exact) mass is 505 g/mol. The Morgan fingerprint density at radius 3 is 2.18 bits per heavy atom. The van der Waals surface area contributed by atoms with Gasteiger partial charge in [0.1, 0.15) is 11.6 Å². The third kappa shape index (κ3) is 4.95. The van der Waals surface area contributed by atoms with Crippen molar-refractivity contribution in [1.29, 1.82) is 0 Å². The van der Waals surface area contributed by atoms with E-state index < -0.39 is 37.7 Å². The second-order valence-electron chi connectivity index (χ2n) is 7.64. The predicted octanol–water partition coefficient (Wildman–Crippen LogP) is 4.27. The molecule has 11 heteroatoms. The fraction of sp³-hybridized carbons (Fsp3) is 0.174. The van der Waals surface area contributed by atoms with Gasteiger partial charge in [-0.25, -0.2) is 17.2 Å². The van der Waals surface area contributed by atoms with Crippen molar-refractivity contribution in [2.24, 2.45) is 5.10 Å². The molecular formula is C23H21F2N3O4S2. The van der Waals surface area contributed by atoms with Gasteiger partial charge in [0.2, 0.25) is 10.0 Å². The molecule has 1 aliphatic rings. The number of sulfonamides is 2. The highest BCUT2D eigenvalue weighted by atomic mass is 32.2. The van der Waals surface area contributed by atoms with Crippen LogP contribution in [-0.4, -0.2) is 32.7 Å². The first-order valence-electron chi connectivity index (χ1n) is 10.3. The first-order valence-corrected chi connectivity index (χ1v) is 13.4. The number of hydrogen-bond acceptors (Lipinski definition) is 5. The van der Waals surface area contributed by atoms with E-state index in [1.54, 1.807) is 24.3 Å². The fourth-order valence-electron chi connectivity index (χ4n) is 3.55. The summed E-state index contributed by atoms with van der Waals surface area (Å²) in [6.45, 7) is 1.51. The van der Waals surface area contributed by atoms with E-state index in [4.69, 9.17) is 0 Å². The number of rotatable bonds is 7. The average Bonchev–Trinajstić information content (AvgIpc) is 3.26. The molecule has 4 rings (SSSR count). The standard InChI is InChI=1S/C23H21F2N3O4S2/c1-2-33(29,30)27-20-5-3-4-17(14-20)22-15-23(16-6-8-18(24)9-7-16)28(26-22)34(31,32)21-12-10-19(25)11-13-21/h3-14,23,27H,2,15H2,1H3. The molecule has 34 heavy (non-hydrogen) atoms. The summed E-state index contributed by atoms with van der Waals surface area (Å²) < 4.78 is 81.0. The van der Waals surface area contributed by atoms with Crippen LogP contribution in [0.5, 0.6) is 0 Å². The molecule has 1 N–H and O–H groups in total. The minimum absolute atomic E-state index is 0.103. The van der Waals surface area contributed by atoms with Crippen molar-refractivity contribution in [3.05, 3.63) is 95.6 Å². The molecule has 1 atom stereocenters. The topological polar surface area (TPSA) is 95.9 Å². The summed E-state index contributed by atoms with van der Waals surface area (Å²) in [5.74, 6) is -1.15. The lowest BCUT2D eigenvalue weighted by atomic mass is 9.99. The van der Waals surface area contributed by atoms with Crippen molar-refractivity contribution in [3.8, 4) is 0 Å². The third-order valence-electron chi connectivity index (χ3n) is 5.33. The van der Waals surface area contributed by atoms with E-state index in [-0.39, 0.29) is 17.1 Å². The number of anilines is 1. The van der Waals surface area contributed by atoms with Gasteiger partial charge in [-0.2, -0.15) is 17.9 Å². The minimum atomic E-state index is -4.17. The third-order valence-corrected chi connectivity index (χ3v) is 8.34. The van der Waals surface area contributed by atoms with Crippen LogP contribution in [0.2, 0.25) is 0 Å². The zero-order valence-electron chi connectivity index (χ0n) is 18.0. The molecule has 0 saturated heterocycles. The average molecular weight is 506 g/mol. The Bertz CT molecular complexity index is 1440. The quantitative estimate of drug-likeness (QED) is 0.519. The second-order valence-corrected chi connectivity index (χ2v) is 11.4. The van der Waals surface area contributed by atoms with E-state index >= 15 is 0 Å². The first-order chi connectivity index (χ1) is 16.1. The number of benzene rings is 3. The van der Waals surface area contributed by atoms with Crippen LogP contribution >= 0.6 is 0 Å². The number of hydrazone groups is 1. The molecule has 178 valence electrons. The van der Waals surface area contributed by atoms with E-state index in [1.165, 1.54) is 31.2 Å². The molecule has 0 fully saturated rings. The normalized spacial score (nSPS) is 16.4. The van der Waals surface area contributed by atoms with Crippen LogP contribution < -0.4 is 4.72 Å². The summed E-state index contributed by atoms with van der Waals surface area (Å²) in [5, 5.41) is 4.36. The number of nitrogens with one attached hydrogen (secondary N) is 1. The smallest absolute Gasteiger partial charge is 0.279 e. The van der Waals surface area contributed by atoms with Crippen LogP contribution in [0.15, 0.2) is 82.8 Å². The van der Waals surface area contributed by atoms with Gasteiger partial charge in [-0.1, -0.05) is 24.3 Å². The molecule has 1 heterocycles. The lowest BCUT2D eigenvalue weighted by molar-refractivity contribution is 0.371. The van der Waals surface area contributed by atoms with Crippen molar-refractivity contribution in [3.63, 3.8) is 0 Å². The van der Waals surface area contributed by atoms with E-state index in [0.717, 1.165) is 28.7 Å². The SMILES string of the molecule is CCS(=O)(=O)Nc1cccc(C2=NN(S(=O)(=O)c3ccc(F)cc3)C(c3ccc(F)cc3)C2)c1. The molecular weight excluding hydrogens is 484 g/mol. The Morgan fingerprint density at radius 2 is 1.56 bits per heavy atom. The molecule has 1 aliphatic heterocycles. The van der Waals surface area contributed by atoms with Crippen molar-refractivity contribution >= 4 is 31.4 Å². The Kier molecular flexibility index (Phi) is 6.41. The summed E-state index contributed by atoms with van der Waals surface area (Å²) >= 11 is 0. The summed E-state index contributed by atoms with van der Waals surface area (Å²) in [6.07, 6.45) is 0.163. The summed E-state index contributed by atoms with van der Waals surface area (Å²) in [7, 11) is -7.68. The van der Waals surface area contributed by atoms with Crippen LogP contribution in [-0.2, 0) is 20.0 Å². The zero-order chi connectivity index (χ0) is 24.5. The van der Waals surface area contributed by atoms with Gasteiger partial charge in [0.05, 0.1) is 22.4 Å². The Balaban J connectivity index is 1.76. The maximum absolute atomic E-state index is 13.5. The molecule has 0 amide bonds. The number of nitrogens with zero attached hydrogens (tertiary/aromatic N) is 2. The van der Waals surface area contributed by atoms with Crippen LogP contribution in [0.25, 0.3) is 0 Å². The van der Waals surface area contributed by atoms with Crippen molar-refractivity contribution in [2.75, 3.05) is 10.5 Å². The van der Waals surface area contributed by atoms with E-state index in [2.05, 4.69) is 9.82 Å². The van der Waals surface area contributed by atoms with Gasteiger partial charge in [-0.15, -0.1) is 0 Å². The number of hydrogen-bond donors (Lipinski definition) is 1. The minimum Gasteiger partial charge on any atom is -0.284 e. The van der Waals surface area contributed by atoms with E-state index in [0.29, 0.717) is 22.5 Å².